The molecule has 16 heavy (non-hydrogen) atoms. The van der Waals surface area contributed by atoms with Gasteiger partial charge < -0.3 is 5.11 Å². The summed E-state index contributed by atoms with van der Waals surface area (Å²) in [5.41, 5.74) is 0.0570. The number of carboxylic acids is 1. The summed E-state index contributed by atoms with van der Waals surface area (Å²) in [5.74, 6) is -1.91. The van der Waals surface area contributed by atoms with Gasteiger partial charge in [-0.15, -0.1) is 11.3 Å². The number of hydrogen-bond donors (Lipinski definition) is 1. The quantitative estimate of drug-likeness (QED) is 0.865. The number of halogens is 1. The Morgan fingerprint density at radius 1 is 1.31 bits per heavy atom. The van der Waals surface area contributed by atoms with Gasteiger partial charge in [-0.05, 0) is 25.1 Å². The van der Waals surface area contributed by atoms with E-state index in [-0.39, 0.29) is 5.56 Å². The molecule has 0 radical (unpaired) electrons. The van der Waals surface area contributed by atoms with E-state index in [1.807, 2.05) is 13.0 Å². The molecule has 2 aromatic rings. The minimum absolute atomic E-state index is 0.288. The van der Waals surface area contributed by atoms with Gasteiger partial charge in [0, 0.05) is 15.3 Å². The molecule has 0 aliphatic rings. The predicted molar refractivity (Wildman–Crippen MR) is 61.4 cm³/mol. The SMILES string of the molecule is Cc1ccc(-c2cccc(C(=O)O)c2F)s1. The first-order valence-electron chi connectivity index (χ1n) is 4.68. The lowest BCUT2D eigenvalue weighted by atomic mass is 10.1. The van der Waals surface area contributed by atoms with Gasteiger partial charge in [0.1, 0.15) is 5.82 Å². The Bertz CT molecular complexity index is 546. The van der Waals surface area contributed by atoms with Crippen LogP contribution in [-0.4, -0.2) is 11.1 Å². The first kappa shape index (κ1) is 10.8. The number of carboxylic acid groups (broad SMARTS) is 1. The van der Waals surface area contributed by atoms with Crippen LogP contribution in [0.3, 0.4) is 0 Å². The third-order valence-corrected chi connectivity index (χ3v) is 3.27. The van der Waals surface area contributed by atoms with Gasteiger partial charge in [0.05, 0.1) is 5.56 Å². The van der Waals surface area contributed by atoms with E-state index in [0.717, 1.165) is 9.75 Å². The minimum atomic E-state index is -1.24. The third kappa shape index (κ3) is 1.84. The molecule has 2 nitrogen and oxygen atoms in total. The second-order valence-corrected chi connectivity index (χ2v) is 4.67. The zero-order valence-electron chi connectivity index (χ0n) is 8.53. The van der Waals surface area contributed by atoms with E-state index in [9.17, 15) is 9.18 Å². The Kier molecular flexibility index (Phi) is 2.75. The van der Waals surface area contributed by atoms with Crippen LogP contribution in [0.2, 0.25) is 0 Å². The number of hydrogen-bond acceptors (Lipinski definition) is 2. The highest BCUT2D eigenvalue weighted by atomic mass is 32.1. The van der Waals surface area contributed by atoms with Crippen molar-refractivity contribution < 1.29 is 14.3 Å². The summed E-state index contributed by atoms with van der Waals surface area (Å²) in [7, 11) is 0. The lowest BCUT2D eigenvalue weighted by molar-refractivity contribution is 0.0692. The smallest absolute Gasteiger partial charge is 0.338 e. The van der Waals surface area contributed by atoms with Crippen LogP contribution in [0.25, 0.3) is 10.4 Å². The van der Waals surface area contributed by atoms with Crippen molar-refractivity contribution in [3.05, 3.63) is 46.6 Å². The first-order chi connectivity index (χ1) is 7.59. The fourth-order valence-electron chi connectivity index (χ4n) is 1.47. The molecule has 0 bridgehead atoms. The topological polar surface area (TPSA) is 37.3 Å². The number of aromatic carboxylic acids is 1. The van der Waals surface area contributed by atoms with Crippen LogP contribution in [0.1, 0.15) is 15.2 Å². The molecular weight excluding hydrogens is 227 g/mol. The third-order valence-electron chi connectivity index (χ3n) is 2.23. The molecule has 0 unspecified atom stereocenters. The van der Waals surface area contributed by atoms with Crippen LogP contribution in [0.4, 0.5) is 4.39 Å². The molecule has 1 aromatic heterocycles. The lowest BCUT2D eigenvalue weighted by Crippen LogP contribution is -2.01. The molecule has 2 rings (SSSR count). The average Bonchev–Trinajstić information content (AvgIpc) is 2.64. The molecule has 0 amide bonds. The maximum absolute atomic E-state index is 13.8. The van der Waals surface area contributed by atoms with Crippen LogP contribution in [0.15, 0.2) is 30.3 Å². The van der Waals surface area contributed by atoms with E-state index >= 15 is 0 Å². The summed E-state index contributed by atoms with van der Waals surface area (Å²) in [6.07, 6.45) is 0. The molecule has 1 aromatic carbocycles. The van der Waals surface area contributed by atoms with E-state index in [4.69, 9.17) is 5.11 Å². The van der Waals surface area contributed by atoms with Gasteiger partial charge in [-0.2, -0.15) is 0 Å². The van der Waals surface area contributed by atoms with Crippen LogP contribution in [-0.2, 0) is 0 Å². The van der Waals surface area contributed by atoms with Gasteiger partial charge in [-0.1, -0.05) is 12.1 Å². The molecule has 0 aliphatic heterocycles. The van der Waals surface area contributed by atoms with Crippen LogP contribution in [0.5, 0.6) is 0 Å². The van der Waals surface area contributed by atoms with Crippen LogP contribution < -0.4 is 0 Å². The van der Waals surface area contributed by atoms with Crippen molar-refractivity contribution in [3.8, 4) is 10.4 Å². The zero-order chi connectivity index (χ0) is 11.7. The summed E-state index contributed by atoms with van der Waals surface area (Å²) in [4.78, 5) is 12.6. The predicted octanol–water partition coefficient (Wildman–Crippen LogP) is 3.56. The molecule has 4 heteroatoms. The maximum Gasteiger partial charge on any atom is 0.338 e. The average molecular weight is 236 g/mol. The Morgan fingerprint density at radius 2 is 2.06 bits per heavy atom. The molecule has 0 atom stereocenters. The molecule has 0 spiro atoms. The number of aryl methyl sites for hydroxylation is 1. The van der Waals surface area contributed by atoms with Gasteiger partial charge >= 0.3 is 5.97 Å². The second-order valence-electron chi connectivity index (χ2n) is 3.38. The monoisotopic (exact) mass is 236 g/mol. The summed E-state index contributed by atoms with van der Waals surface area (Å²) < 4.78 is 13.8. The maximum atomic E-state index is 13.8. The van der Waals surface area contributed by atoms with Crippen molar-refractivity contribution >= 4 is 17.3 Å². The zero-order valence-corrected chi connectivity index (χ0v) is 9.34. The number of benzene rings is 1. The van der Waals surface area contributed by atoms with Crippen molar-refractivity contribution in [1.29, 1.82) is 0 Å². The van der Waals surface area contributed by atoms with Crippen molar-refractivity contribution in [2.24, 2.45) is 0 Å². The lowest BCUT2D eigenvalue weighted by Gasteiger charge is -2.02. The molecular formula is C12H9FO2S. The standard InChI is InChI=1S/C12H9FO2S/c1-7-5-6-10(16-7)8-3-2-4-9(11(8)13)12(14)15/h2-6H,1H3,(H,14,15). The van der Waals surface area contributed by atoms with Gasteiger partial charge in [-0.3, -0.25) is 0 Å². The normalized spacial score (nSPS) is 10.4. The van der Waals surface area contributed by atoms with E-state index in [1.54, 1.807) is 18.2 Å². The number of carbonyl (C=O) groups is 1. The first-order valence-corrected chi connectivity index (χ1v) is 5.50. The second kappa shape index (κ2) is 4.06. The Hall–Kier alpha value is -1.68. The molecule has 1 N–H and O–H groups in total. The molecule has 0 fully saturated rings. The molecule has 0 saturated carbocycles. The largest absolute Gasteiger partial charge is 0.478 e. The summed E-state index contributed by atoms with van der Waals surface area (Å²) in [5, 5.41) is 8.81. The Labute approximate surface area is 96.0 Å². The highest BCUT2D eigenvalue weighted by molar-refractivity contribution is 7.15. The van der Waals surface area contributed by atoms with Crippen LogP contribution >= 0.6 is 11.3 Å². The fourth-order valence-corrected chi connectivity index (χ4v) is 2.35. The Balaban J connectivity index is 2.58. The van der Waals surface area contributed by atoms with Crippen LogP contribution in [0, 0.1) is 12.7 Å². The van der Waals surface area contributed by atoms with Gasteiger partial charge in [0.25, 0.3) is 0 Å². The van der Waals surface area contributed by atoms with E-state index in [1.165, 1.54) is 17.4 Å². The molecule has 0 saturated heterocycles. The minimum Gasteiger partial charge on any atom is -0.478 e. The van der Waals surface area contributed by atoms with Gasteiger partial charge in [-0.25, -0.2) is 9.18 Å². The summed E-state index contributed by atoms with van der Waals surface area (Å²) >= 11 is 1.44. The van der Waals surface area contributed by atoms with Crippen molar-refractivity contribution in [1.82, 2.24) is 0 Å². The van der Waals surface area contributed by atoms with Gasteiger partial charge in [0.15, 0.2) is 0 Å². The fraction of sp³-hybridized carbons (Fsp3) is 0.0833. The van der Waals surface area contributed by atoms with E-state index < -0.39 is 11.8 Å². The van der Waals surface area contributed by atoms with Crippen molar-refractivity contribution in [2.45, 2.75) is 6.92 Å². The number of thiophene rings is 1. The van der Waals surface area contributed by atoms with Gasteiger partial charge in [0.2, 0.25) is 0 Å². The summed E-state index contributed by atoms with van der Waals surface area (Å²) in [6.45, 7) is 1.92. The van der Waals surface area contributed by atoms with E-state index in [2.05, 4.69) is 0 Å². The number of rotatable bonds is 2. The van der Waals surface area contributed by atoms with Crippen molar-refractivity contribution in [3.63, 3.8) is 0 Å². The molecule has 1 heterocycles. The molecule has 0 aliphatic carbocycles. The highest BCUT2D eigenvalue weighted by Gasteiger charge is 2.15. The highest BCUT2D eigenvalue weighted by Crippen LogP contribution is 2.30. The summed E-state index contributed by atoms with van der Waals surface area (Å²) in [6, 6.07) is 8.09. The van der Waals surface area contributed by atoms with E-state index in [0.29, 0.717) is 5.56 Å². The van der Waals surface area contributed by atoms with Crippen molar-refractivity contribution in [2.75, 3.05) is 0 Å². The Morgan fingerprint density at radius 3 is 2.62 bits per heavy atom. The molecule has 82 valence electrons.